The largest absolute Gasteiger partial charge is 0.483 e. The number of benzene rings is 1. The molecular formula is C13H18N2O4. The summed E-state index contributed by atoms with van der Waals surface area (Å²) in [4.78, 5) is 10.8. The topological polar surface area (TPSA) is 96.8 Å². The highest BCUT2D eigenvalue weighted by atomic mass is 16.7. The molecule has 0 spiro atoms. The lowest BCUT2D eigenvalue weighted by molar-refractivity contribution is -0.119. The van der Waals surface area contributed by atoms with Crippen molar-refractivity contribution >= 4 is 5.91 Å². The number of carbonyl (C=O) groups is 1. The Labute approximate surface area is 111 Å². The highest BCUT2D eigenvalue weighted by Gasteiger charge is 2.19. The first kappa shape index (κ1) is 13.5. The zero-order chi connectivity index (χ0) is 13.8. The van der Waals surface area contributed by atoms with Gasteiger partial charge in [0, 0.05) is 12.1 Å². The second-order valence-electron chi connectivity index (χ2n) is 4.44. The monoisotopic (exact) mass is 266 g/mol. The molecule has 1 aliphatic rings. The van der Waals surface area contributed by atoms with Gasteiger partial charge in [0.25, 0.3) is 5.91 Å². The van der Waals surface area contributed by atoms with Crippen molar-refractivity contribution < 1.29 is 19.0 Å². The summed E-state index contributed by atoms with van der Waals surface area (Å²) in [5.41, 5.74) is 11.9. The number of fused-ring (bicyclic) bond motifs is 1. The van der Waals surface area contributed by atoms with Crippen molar-refractivity contribution in [2.24, 2.45) is 11.5 Å². The van der Waals surface area contributed by atoms with Crippen LogP contribution in [0.15, 0.2) is 12.1 Å². The van der Waals surface area contributed by atoms with Gasteiger partial charge in [-0.1, -0.05) is 6.92 Å². The first-order valence-electron chi connectivity index (χ1n) is 6.19. The molecule has 1 aromatic carbocycles. The molecule has 1 aromatic rings. The van der Waals surface area contributed by atoms with Crippen LogP contribution >= 0.6 is 0 Å². The molecule has 19 heavy (non-hydrogen) atoms. The molecule has 2 rings (SSSR count). The Bertz CT molecular complexity index is 476. The smallest absolute Gasteiger partial charge is 0.255 e. The highest BCUT2D eigenvalue weighted by molar-refractivity contribution is 5.75. The van der Waals surface area contributed by atoms with Crippen LogP contribution in [0.5, 0.6) is 17.2 Å². The van der Waals surface area contributed by atoms with E-state index in [9.17, 15) is 4.79 Å². The van der Waals surface area contributed by atoms with Crippen molar-refractivity contribution in [1.82, 2.24) is 0 Å². The average molecular weight is 266 g/mol. The van der Waals surface area contributed by atoms with E-state index in [-0.39, 0.29) is 19.4 Å². The number of amides is 1. The summed E-state index contributed by atoms with van der Waals surface area (Å²) in [6.45, 7) is 2.03. The van der Waals surface area contributed by atoms with Gasteiger partial charge in [-0.05, 0) is 24.5 Å². The second kappa shape index (κ2) is 5.79. The van der Waals surface area contributed by atoms with Crippen LogP contribution in [0, 0.1) is 0 Å². The SMILES string of the molecule is CCC(N)Cc1cc2c(cc1OCC(N)=O)OCO2. The minimum Gasteiger partial charge on any atom is -0.483 e. The maximum absolute atomic E-state index is 10.8. The quantitative estimate of drug-likeness (QED) is 0.784. The van der Waals surface area contributed by atoms with Crippen LogP contribution in [-0.4, -0.2) is 25.3 Å². The molecule has 0 radical (unpaired) electrons. The van der Waals surface area contributed by atoms with Crippen molar-refractivity contribution in [1.29, 1.82) is 0 Å². The first-order chi connectivity index (χ1) is 9.10. The van der Waals surface area contributed by atoms with E-state index >= 15 is 0 Å². The van der Waals surface area contributed by atoms with Gasteiger partial charge in [-0.3, -0.25) is 4.79 Å². The first-order valence-corrected chi connectivity index (χ1v) is 6.19. The van der Waals surface area contributed by atoms with E-state index in [1.807, 2.05) is 13.0 Å². The van der Waals surface area contributed by atoms with Crippen molar-refractivity contribution in [2.75, 3.05) is 13.4 Å². The van der Waals surface area contributed by atoms with Gasteiger partial charge < -0.3 is 25.7 Å². The van der Waals surface area contributed by atoms with Gasteiger partial charge >= 0.3 is 0 Å². The molecule has 1 unspecified atom stereocenters. The van der Waals surface area contributed by atoms with Gasteiger partial charge in [0.15, 0.2) is 18.1 Å². The van der Waals surface area contributed by atoms with E-state index in [1.54, 1.807) is 6.07 Å². The van der Waals surface area contributed by atoms with Crippen molar-refractivity contribution in [3.63, 3.8) is 0 Å². The normalized spacial score (nSPS) is 14.2. The predicted octanol–water partition coefficient (Wildman–Crippen LogP) is 0.559. The number of hydrogen-bond acceptors (Lipinski definition) is 5. The van der Waals surface area contributed by atoms with Gasteiger partial charge in [0.05, 0.1) is 0 Å². The molecule has 1 atom stereocenters. The molecule has 1 aliphatic heterocycles. The fraction of sp³-hybridized carbons (Fsp3) is 0.462. The van der Waals surface area contributed by atoms with E-state index in [2.05, 4.69) is 0 Å². The average Bonchev–Trinajstić information content (AvgIpc) is 2.82. The van der Waals surface area contributed by atoms with Gasteiger partial charge in [-0.2, -0.15) is 0 Å². The molecule has 0 fully saturated rings. The zero-order valence-corrected chi connectivity index (χ0v) is 10.8. The Balaban J connectivity index is 2.24. The van der Waals surface area contributed by atoms with E-state index in [1.165, 1.54) is 0 Å². The minimum atomic E-state index is -0.525. The maximum Gasteiger partial charge on any atom is 0.255 e. The van der Waals surface area contributed by atoms with Gasteiger partial charge in [0.1, 0.15) is 5.75 Å². The number of carbonyl (C=O) groups excluding carboxylic acids is 1. The molecule has 6 heteroatoms. The number of ether oxygens (including phenoxy) is 3. The Kier molecular flexibility index (Phi) is 4.11. The van der Waals surface area contributed by atoms with Crippen molar-refractivity contribution in [3.8, 4) is 17.2 Å². The van der Waals surface area contributed by atoms with E-state index in [4.69, 9.17) is 25.7 Å². The third-order valence-corrected chi connectivity index (χ3v) is 2.93. The van der Waals surface area contributed by atoms with Crippen molar-refractivity contribution in [3.05, 3.63) is 17.7 Å². The Morgan fingerprint density at radius 1 is 1.42 bits per heavy atom. The zero-order valence-electron chi connectivity index (χ0n) is 10.8. The van der Waals surface area contributed by atoms with Crippen LogP contribution in [0.3, 0.4) is 0 Å². The number of hydrogen-bond donors (Lipinski definition) is 2. The Morgan fingerprint density at radius 2 is 2.11 bits per heavy atom. The summed E-state index contributed by atoms with van der Waals surface area (Å²) in [5.74, 6) is 1.31. The van der Waals surface area contributed by atoms with Gasteiger partial charge in [-0.15, -0.1) is 0 Å². The summed E-state index contributed by atoms with van der Waals surface area (Å²) in [6, 6.07) is 3.58. The minimum absolute atomic E-state index is 0.0244. The summed E-state index contributed by atoms with van der Waals surface area (Å²) in [7, 11) is 0. The summed E-state index contributed by atoms with van der Waals surface area (Å²) >= 11 is 0. The fourth-order valence-electron chi connectivity index (χ4n) is 1.83. The standard InChI is InChI=1S/C13H18N2O4/c1-2-9(14)3-8-4-11-12(19-7-18-11)5-10(8)17-6-13(15)16/h4-5,9H,2-3,6-7,14H2,1H3,(H2,15,16). The van der Waals surface area contributed by atoms with Crippen molar-refractivity contribution in [2.45, 2.75) is 25.8 Å². The van der Waals surface area contributed by atoms with E-state index in [0.29, 0.717) is 23.7 Å². The second-order valence-corrected chi connectivity index (χ2v) is 4.44. The summed E-state index contributed by atoms with van der Waals surface area (Å²) < 4.78 is 16.0. The molecule has 1 heterocycles. The predicted molar refractivity (Wildman–Crippen MR) is 69.2 cm³/mol. The lowest BCUT2D eigenvalue weighted by atomic mass is 10.0. The molecule has 1 amide bonds. The Morgan fingerprint density at radius 3 is 2.74 bits per heavy atom. The highest BCUT2D eigenvalue weighted by Crippen LogP contribution is 2.38. The lowest BCUT2D eigenvalue weighted by Gasteiger charge is -2.14. The lowest BCUT2D eigenvalue weighted by Crippen LogP contribution is -2.23. The fourth-order valence-corrected chi connectivity index (χ4v) is 1.83. The molecular weight excluding hydrogens is 248 g/mol. The molecule has 0 aromatic heterocycles. The van der Waals surface area contributed by atoms with Crippen LogP contribution in [0.4, 0.5) is 0 Å². The molecule has 0 saturated carbocycles. The van der Waals surface area contributed by atoms with E-state index < -0.39 is 5.91 Å². The molecule has 4 N–H and O–H groups in total. The van der Waals surface area contributed by atoms with Gasteiger partial charge in [-0.25, -0.2) is 0 Å². The van der Waals surface area contributed by atoms with Gasteiger partial charge in [0.2, 0.25) is 6.79 Å². The number of rotatable bonds is 6. The maximum atomic E-state index is 10.8. The van der Waals surface area contributed by atoms with E-state index in [0.717, 1.165) is 12.0 Å². The third-order valence-electron chi connectivity index (χ3n) is 2.93. The van der Waals surface area contributed by atoms with Crippen LogP contribution in [0.1, 0.15) is 18.9 Å². The summed E-state index contributed by atoms with van der Waals surface area (Å²) in [6.07, 6.45) is 1.49. The molecule has 6 nitrogen and oxygen atoms in total. The molecule has 0 bridgehead atoms. The summed E-state index contributed by atoms with van der Waals surface area (Å²) in [5, 5.41) is 0. The number of nitrogens with two attached hydrogens (primary N) is 2. The van der Waals surface area contributed by atoms with Crippen LogP contribution in [0.2, 0.25) is 0 Å². The molecule has 104 valence electrons. The number of primary amides is 1. The third kappa shape index (κ3) is 3.29. The molecule has 0 aliphatic carbocycles. The van der Waals surface area contributed by atoms with Crippen LogP contribution in [0.25, 0.3) is 0 Å². The van der Waals surface area contributed by atoms with Crippen LogP contribution < -0.4 is 25.7 Å². The Hall–Kier alpha value is -1.95. The van der Waals surface area contributed by atoms with Crippen LogP contribution in [-0.2, 0) is 11.2 Å². The molecule has 0 saturated heterocycles.